The number of halogens is 1. The highest BCUT2D eigenvalue weighted by atomic mass is 79.9. The Labute approximate surface area is 103 Å². The van der Waals surface area contributed by atoms with Crippen molar-refractivity contribution >= 4 is 31.6 Å². The SMILES string of the molecule is COc1ccc(Br)c(NS(=O)(=O)CCN)c1. The van der Waals surface area contributed by atoms with Gasteiger partial charge in [-0.2, -0.15) is 0 Å². The Morgan fingerprint density at radius 1 is 1.50 bits per heavy atom. The van der Waals surface area contributed by atoms with Crippen LogP contribution in [0.25, 0.3) is 0 Å². The summed E-state index contributed by atoms with van der Waals surface area (Å²) in [4.78, 5) is 0. The van der Waals surface area contributed by atoms with Gasteiger partial charge in [-0.15, -0.1) is 0 Å². The molecule has 5 nitrogen and oxygen atoms in total. The van der Waals surface area contributed by atoms with Gasteiger partial charge in [-0.05, 0) is 28.1 Å². The predicted molar refractivity (Wildman–Crippen MR) is 67.2 cm³/mol. The molecule has 1 rings (SSSR count). The molecule has 0 atom stereocenters. The number of hydrogen-bond donors (Lipinski definition) is 2. The average Bonchev–Trinajstić information content (AvgIpc) is 2.21. The van der Waals surface area contributed by atoms with Crippen LogP contribution >= 0.6 is 15.9 Å². The lowest BCUT2D eigenvalue weighted by molar-refractivity contribution is 0.415. The second-order valence-corrected chi connectivity index (χ2v) is 5.75. The molecule has 16 heavy (non-hydrogen) atoms. The molecule has 0 saturated carbocycles. The molecule has 0 aliphatic rings. The van der Waals surface area contributed by atoms with Crippen molar-refractivity contribution in [3.8, 4) is 5.75 Å². The number of nitrogens with two attached hydrogens (primary N) is 1. The summed E-state index contributed by atoms with van der Waals surface area (Å²) in [7, 11) is -1.88. The highest BCUT2D eigenvalue weighted by Gasteiger charge is 2.11. The maximum Gasteiger partial charge on any atom is 0.234 e. The molecular formula is C9H13BrN2O3S. The molecule has 0 fully saturated rings. The molecule has 0 heterocycles. The molecule has 0 bridgehead atoms. The van der Waals surface area contributed by atoms with Crippen LogP contribution in [0.4, 0.5) is 5.69 Å². The zero-order valence-corrected chi connectivity index (χ0v) is 11.1. The van der Waals surface area contributed by atoms with Crippen molar-refractivity contribution in [2.24, 2.45) is 5.73 Å². The first-order valence-electron chi connectivity index (χ1n) is 4.52. The molecule has 0 spiro atoms. The Balaban J connectivity index is 2.96. The van der Waals surface area contributed by atoms with Gasteiger partial charge in [-0.3, -0.25) is 4.72 Å². The van der Waals surface area contributed by atoms with Crippen LogP contribution in [0.3, 0.4) is 0 Å². The molecule has 0 radical (unpaired) electrons. The molecule has 0 aromatic heterocycles. The van der Waals surface area contributed by atoms with E-state index >= 15 is 0 Å². The van der Waals surface area contributed by atoms with Gasteiger partial charge in [0.15, 0.2) is 0 Å². The molecule has 0 aliphatic heterocycles. The summed E-state index contributed by atoms with van der Waals surface area (Å²) in [5, 5.41) is 0. The number of hydrogen-bond acceptors (Lipinski definition) is 4. The number of nitrogens with one attached hydrogen (secondary N) is 1. The zero-order chi connectivity index (χ0) is 12.2. The summed E-state index contributed by atoms with van der Waals surface area (Å²) < 4.78 is 31.1. The Bertz CT molecular complexity index is 462. The summed E-state index contributed by atoms with van der Waals surface area (Å²) in [6, 6.07) is 5.03. The predicted octanol–water partition coefficient (Wildman–Crippen LogP) is 1.16. The first-order valence-corrected chi connectivity index (χ1v) is 6.97. The van der Waals surface area contributed by atoms with E-state index in [4.69, 9.17) is 10.5 Å². The normalized spacial score (nSPS) is 11.2. The van der Waals surface area contributed by atoms with Gasteiger partial charge < -0.3 is 10.5 Å². The number of anilines is 1. The van der Waals surface area contributed by atoms with Crippen LogP contribution in [0.15, 0.2) is 22.7 Å². The molecule has 1 aromatic rings. The summed E-state index contributed by atoms with van der Waals surface area (Å²) in [6.07, 6.45) is 0. The summed E-state index contributed by atoms with van der Waals surface area (Å²) in [6.45, 7) is 0.0803. The highest BCUT2D eigenvalue weighted by Crippen LogP contribution is 2.27. The summed E-state index contributed by atoms with van der Waals surface area (Å²) in [5.74, 6) is 0.463. The number of sulfonamides is 1. The van der Waals surface area contributed by atoms with E-state index in [1.807, 2.05) is 0 Å². The molecule has 90 valence electrons. The van der Waals surface area contributed by atoms with E-state index in [1.54, 1.807) is 18.2 Å². The van der Waals surface area contributed by atoms with Crippen molar-refractivity contribution in [3.63, 3.8) is 0 Å². The van der Waals surface area contributed by atoms with E-state index in [1.165, 1.54) is 7.11 Å². The third kappa shape index (κ3) is 3.66. The van der Waals surface area contributed by atoms with Gasteiger partial charge in [0.1, 0.15) is 5.75 Å². The maximum atomic E-state index is 11.5. The van der Waals surface area contributed by atoms with Crippen LogP contribution < -0.4 is 15.2 Å². The second kappa shape index (κ2) is 5.51. The number of rotatable bonds is 5. The van der Waals surface area contributed by atoms with Crippen LogP contribution in [0, 0.1) is 0 Å². The van der Waals surface area contributed by atoms with Crippen molar-refractivity contribution in [2.75, 3.05) is 24.1 Å². The molecule has 1 aromatic carbocycles. The maximum absolute atomic E-state index is 11.5. The van der Waals surface area contributed by atoms with Crippen LogP contribution in [-0.2, 0) is 10.0 Å². The molecule has 0 unspecified atom stereocenters. The minimum absolute atomic E-state index is 0.0803. The number of benzene rings is 1. The Morgan fingerprint density at radius 2 is 2.19 bits per heavy atom. The molecule has 0 aliphatic carbocycles. The van der Waals surface area contributed by atoms with Crippen molar-refractivity contribution in [1.29, 1.82) is 0 Å². The van der Waals surface area contributed by atoms with Gasteiger partial charge in [0.2, 0.25) is 10.0 Å². The lowest BCUT2D eigenvalue weighted by Crippen LogP contribution is -2.22. The molecule has 3 N–H and O–H groups in total. The monoisotopic (exact) mass is 308 g/mol. The van der Waals surface area contributed by atoms with Crippen molar-refractivity contribution in [1.82, 2.24) is 0 Å². The largest absolute Gasteiger partial charge is 0.497 e. The fraction of sp³-hybridized carbons (Fsp3) is 0.333. The smallest absolute Gasteiger partial charge is 0.234 e. The number of ether oxygens (including phenoxy) is 1. The van der Waals surface area contributed by atoms with Gasteiger partial charge in [0.05, 0.1) is 18.6 Å². The molecular weight excluding hydrogens is 296 g/mol. The second-order valence-electron chi connectivity index (χ2n) is 3.06. The van der Waals surface area contributed by atoms with Gasteiger partial charge in [-0.25, -0.2) is 8.42 Å². The first-order chi connectivity index (χ1) is 7.48. The molecule has 0 amide bonds. The Hall–Kier alpha value is -0.790. The lowest BCUT2D eigenvalue weighted by atomic mass is 10.3. The van der Waals surface area contributed by atoms with Gasteiger partial charge in [0.25, 0.3) is 0 Å². The number of methoxy groups -OCH3 is 1. The highest BCUT2D eigenvalue weighted by molar-refractivity contribution is 9.10. The molecule has 0 saturated heterocycles. The first kappa shape index (κ1) is 13.3. The van der Waals surface area contributed by atoms with Crippen LogP contribution in [0.1, 0.15) is 0 Å². The van der Waals surface area contributed by atoms with E-state index in [2.05, 4.69) is 20.7 Å². The minimum Gasteiger partial charge on any atom is -0.497 e. The van der Waals surface area contributed by atoms with E-state index in [0.717, 1.165) is 0 Å². The Morgan fingerprint density at radius 3 is 2.75 bits per heavy atom. The zero-order valence-electron chi connectivity index (χ0n) is 8.73. The van der Waals surface area contributed by atoms with E-state index < -0.39 is 10.0 Å². The minimum atomic E-state index is -3.39. The third-order valence-electron chi connectivity index (χ3n) is 1.83. The third-order valence-corrected chi connectivity index (χ3v) is 3.82. The van der Waals surface area contributed by atoms with Crippen LogP contribution in [0.5, 0.6) is 5.75 Å². The van der Waals surface area contributed by atoms with E-state index in [9.17, 15) is 8.42 Å². The van der Waals surface area contributed by atoms with E-state index in [0.29, 0.717) is 15.9 Å². The average molecular weight is 309 g/mol. The van der Waals surface area contributed by atoms with Crippen molar-refractivity contribution in [3.05, 3.63) is 22.7 Å². The van der Waals surface area contributed by atoms with Gasteiger partial charge in [-0.1, -0.05) is 0 Å². The van der Waals surface area contributed by atoms with Crippen molar-refractivity contribution < 1.29 is 13.2 Å². The van der Waals surface area contributed by atoms with Crippen LogP contribution in [0.2, 0.25) is 0 Å². The topological polar surface area (TPSA) is 81.4 Å². The summed E-state index contributed by atoms with van der Waals surface area (Å²) in [5.41, 5.74) is 5.64. The van der Waals surface area contributed by atoms with Gasteiger partial charge >= 0.3 is 0 Å². The molecule has 7 heteroatoms. The van der Waals surface area contributed by atoms with Gasteiger partial charge in [0, 0.05) is 17.1 Å². The Kier molecular flexibility index (Phi) is 4.57. The van der Waals surface area contributed by atoms with E-state index in [-0.39, 0.29) is 12.3 Å². The quantitative estimate of drug-likeness (QED) is 0.855. The van der Waals surface area contributed by atoms with Crippen molar-refractivity contribution in [2.45, 2.75) is 0 Å². The standard InChI is InChI=1S/C9H13BrN2O3S/c1-15-7-2-3-8(10)9(6-7)12-16(13,14)5-4-11/h2-3,6,12H,4-5,11H2,1H3. The fourth-order valence-electron chi connectivity index (χ4n) is 1.08. The summed E-state index contributed by atoms with van der Waals surface area (Å²) >= 11 is 3.25. The van der Waals surface area contributed by atoms with Crippen LogP contribution in [-0.4, -0.2) is 27.8 Å². The fourth-order valence-corrected chi connectivity index (χ4v) is 2.48. The lowest BCUT2D eigenvalue weighted by Gasteiger charge is -2.10.